The van der Waals surface area contributed by atoms with Gasteiger partial charge < -0.3 is 14.6 Å². The number of aromatic nitrogens is 2. The van der Waals surface area contributed by atoms with Crippen molar-refractivity contribution in [3.05, 3.63) is 77.3 Å². The minimum Gasteiger partial charge on any atom is -0.443 e. The Bertz CT molecular complexity index is 1100. The molecule has 1 aliphatic carbocycles. The average molecular weight is 467 g/mol. The van der Waals surface area contributed by atoms with Gasteiger partial charge in [-0.1, -0.05) is 41.9 Å². The fraction of sp³-hybridized carbons (Fsp3) is 0.385. The van der Waals surface area contributed by atoms with Crippen molar-refractivity contribution < 1.29 is 9.53 Å². The summed E-state index contributed by atoms with van der Waals surface area (Å²) in [6.07, 6.45) is 6.37. The zero-order valence-corrected chi connectivity index (χ0v) is 20.3. The molecule has 4 rings (SSSR count). The van der Waals surface area contributed by atoms with Crippen LogP contribution in [-0.4, -0.2) is 27.3 Å². The van der Waals surface area contributed by atoms with E-state index in [1.54, 1.807) is 11.1 Å². The van der Waals surface area contributed by atoms with E-state index < -0.39 is 5.60 Å². The van der Waals surface area contributed by atoms with Crippen molar-refractivity contribution in [1.82, 2.24) is 9.55 Å². The number of aryl methyl sites for hydroxylation is 1. The van der Waals surface area contributed by atoms with Crippen LogP contribution in [0.1, 0.15) is 57.5 Å². The van der Waals surface area contributed by atoms with Crippen LogP contribution in [0.25, 0.3) is 0 Å². The molecule has 33 heavy (non-hydrogen) atoms. The highest BCUT2D eigenvalue weighted by atomic mass is 35.5. The van der Waals surface area contributed by atoms with Crippen LogP contribution in [-0.2, 0) is 11.8 Å². The quantitative estimate of drug-likeness (QED) is 0.446. The summed E-state index contributed by atoms with van der Waals surface area (Å²) in [6, 6.07) is 15.8. The van der Waals surface area contributed by atoms with Gasteiger partial charge in [-0.15, -0.1) is 0 Å². The van der Waals surface area contributed by atoms with Gasteiger partial charge in [-0.05, 0) is 63.8 Å². The third-order valence-corrected chi connectivity index (χ3v) is 6.10. The second-order valence-electron chi connectivity index (χ2n) is 9.49. The minimum absolute atomic E-state index is 0.112. The Hall–Kier alpha value is -2.99. The number of halogens is 1. The molecule has 0 radical (unpaired) electrons. The number of nitrogens with one attached hydrogen (secondary N) is 1. The second kappa shape index (κ2) is 9.48. The van der Waals surface area contributed by atoms with Gasteiger partial charge >= 0.3 is 6.09 Å². The van der Waals surface area contributed by atoms with Crippen LogP contribution in [0.4, 0.5) is 16.2 Å². The number of carbonyl (C=O) groups excluding carboxylic acids is 1. The number of ether oxygens (including phenoxy) is 1. The third kappa shape index (κ3) is 5.33. The molecule has 1 heterocycles. The highest BCUT2D eigenvalue weighted by Crippen LogP contribution is 2.37. The lowest BCUT2D eigenvalue weighted by atomic mass is 9.91. The molecule has 1 fully saturated rings. The lowest BCUT2D eigenvalue weighted by Gasteiger charge is -2.38. The smallest absolute Gasteiger partial charge is 0.415 e. The first kappa shape index (κ1) is 23.2. The number of nitrogens with zero attached hydrogens (tertiary/aromatic N) is 3. The molecule has 0 spiro atoms. The van der Waals surface area contributed by atoms with Gasteiger partial charge in [0, 0.05) is 31.2 Å². The van der Waals surface area contributed by atoms with Gasteiger partial charge in [-0.3, -0.25) is 4.90 Å². The number of hydrogen-bond acceptors (Lipinski definition) is 4. The molecule has 7 heteroatoms. The van der Waals surface area contributed by atoms with Crippen molar-refractivity contribution in [2.24, 2.45) is 7.05 Å². The van der Waals surface area contributed by atoms with Crippen molar-refractivity contribution in [2.45, 2.75) is 57.7 Å². The topological polar surface area (TPSA) is 59.4 Å². The molecule has 2 aromatic carbocycles. The summed E-state index contributed by atoms with van der Waals surface area (Å²) in [5.74, 6) is 0.895. The number of hydrogen-bond donors (Lipinski definition) is 1. The summed E-state index contributed by atoms with van der Waals surface area (Å²) >= 11 is 6.74. The van der Waals surface area contributed by atoms with E-state index in [9.17, 15) is 4.79 Å². The Morgan fingerprint density at radius 3 is 2.48 bits per heavy atom. The predicted octanol–water partition coefficient (Wildman–Crippen LogP) is 6.57. The Labute approximate surface area is 200 Å². The molecule has 6 nitrogen and oxygen atoms in total. The predicted molar refractivity (Wildman–Crippen MR) is 133 cm³/mol. The lowest BCUT2D eigenvalue weighted by molar-refractivity contribution is 0.0549. The molecule has 3 aromatic rings. The monoisotopic (exact) mass is 466 g/mol. The number of imidazole rings is 1. The van der Waals surface area contributed by atoms with Gasteiger partial charge in [-0.2, -0.15) is 0 Å². The number of carbonyl (C=O) groups is 1. The van der Waals surface area contributed by atoms with Crippen LogP contribution in [0, 0.1) is 0 Å². The van der Waals surface area contributed by atoms with Crippen LogP contribution in [0.2, 0.25) is 5.02 Å². The molecule has 0 bridgehead atoms. The van der Waals surface area contributed by atoms with Crippen molar-refractivity contribution in [3.8, 4) is 0 Å². The normalized spacial score (nSPS) is 14.9. The zero-order chi connectivity index (χ0) is 23.6. The van der Waals surface area contributed by atoms with E-state index in [2.05, 4.69) is 22.4 Å². The minimum atomic E-state index is -0.571. The van der Waals surface area contributed by atoms with Crippen molar-refractivity contribution >= 4 is 29.1 Å². The Morgan fingerprint density at radius 2 is 1.94 bits per heavy atom. The molecule has 1 amide bonds. The summed E-state index contributed by atoms with van der Waals surface area (Å²) in [7, 11) is 1.98. The van der Waals surface area contributed by atoms with Crippen LogP contribution in [0.5, 0.6) is 0 Å². The van der Waals surface area contributed by atoms with Crippen molar-refractivity contribution in [2.75, 3.05) is 10.2 Å². The van der Waals surface area contributed by atoms with E-state index in [-0.39, 0.29) is 18.2 Å². The van der Waals surface area contributed by atoms with Gasteiger partial charge in [0.1, 0.15) is 17.5 Å². The maximum atomic E-state index is 13.0. The molecule has 174 valence electrons. The summed E-state index contributed by atoms with van der Waals surface area (Å²) < 4.78 is 7.68. The molecule has 1 aliphatic rings. The molecule has 1 saturated carbocycles. The fourth-order valence-corrected chi connectivity index (χ4v) is 4.23. The Kier molecular flexibility index (Phi) is 6.66. The van der Waals surface area contributed by atoms with Gasteiger partial charge in [0.05, 0.1) is 10.7 Å². The SMILES string of the molecule is Cn1ccnc1C(Nc1ccc(N(C(=O)OC(C)(C)C)C2CCC2)c(Cl)c1)c1ccccc1. The molecule has 0 aliphatic heterocycles. The summed E-state index contributed by atoms with van der Waals surface area (Å²) in [4.78, 5) is 19.3. The summed E-state index contributed by atoms with van der Waals surface area (Å²) in [6.45, 7) is 5.62. The molecule has 1 unspecified atom stereocenters. The molecule has 0 saturated heterocycles. The standard InChI is InChI=1S/C26H31ClN4O2/c1-26(2,3)33-25(32)31(20-11-8-12-20)22-14-13-19(17-21(22)27)29-23(18-9-6-5-7-10-18)24-28-15-16-30(24)4/h5-7,9-10,13-17,20,23,29H,8,11-12H2,1-4H3. The van der Waals surface area contributed by atoms with E-state index >= 15 is 0 Å². The van der Waals surface area contributed by atoms with Crippen LogP contribution < -0.4 is 10.2 Å². The van der Waals surface area contributed by atoms with Crippen molar-refractivity contribution in [1.29, 1.82) is 0 Å². The maximum Gasteiger partial charge on any atom is 0.415 e. The van der Waals surface area contributed by atoms with Gasteiger partial charge in [-0.25, -0.2) is 9.78 Å². The molecular formula is C26H31ClN4O2. The Balaban J connectivity index is 1.63. The van der Waals surface area contributed by atoms with Crippen LogP contribution in [0.15, 0.2) is 60.9 Å². The number of anilines is 2. The van der Waals surface area contributed by atoms with Crippen molar-refractivity contribution in [3.63, 3.8) is 0 Å². The van der Waals surface area contributed by atoms with E-state index in [0.29, 0.717) is 10.7 Å². The van der Waals surface area contributed by atoms with Gasteiger partial charge in [0.2, 0.25) is 0 Å². The third-order valence-electron chi connectivity index (χ3n) is 5.80. The molecule has 1 N–H and O–H groups in total. The zero-order valence-electron chi connectivity index (χ0n) is 19.6. The first-order valence-corrected chi connectivity index (χ1v) is 11.7. The molecule has 1 aromatic heterocycles. The largest absolute Gasteiger partial charge is 0.443 e. The highest BCUT2D eigenvalue weighted by molar-refractivity contribution is 6.34. The lowest BCUT2D eigenvalue weighted by Crippen LogP contribution is -2.47. The number of rotatable bonds is 6. The Morgan fingerprint density at radius 1 is 1.21 bits per heavy atom. The number of amides is 1. The second-order valence-corrected chi connectivity index (χ2v) is 9.89. The maximum absolute atomic E-state index is 13.0. The van der Waals surface area contributed by atoms with E-state index in [4.69, 9.17) is 16.3 Å². The first-order chi connectivity index (χ1) is 15.7. The first-order valence-electron chi connectivity index (χ1n) is 11.3. The average Bonchev–Trinajstić information content (AvgIpc) is 3.14. The van der Waals surface area contributed by atoms with E-state index in [0.717, 1.165) is 36.3 Å². The van der Waals surface area contributed by atoms with E-state index in [1.807, 2.05) is 75.0 Å². The molecule has 1 atom stereocenters. The molecular weight excluding hydrogens is 436 g/mol. The summed E-state index contributed by atoms with van der Waals surface area (Å²) in [5.41, 5.74) is 2.04. The van der Waals surface area contributed by atoms with Crippen LogP contribution in [0.3, 0.4) is 0 Å². The summed E-state index contributed by atoms with van der Waals surface area (Å²) in [5, 5.41) is 4.07. The van der Waals surface area contributed by atoms with Gasteiger partial charge in [0.15, 0.2) is 0 Å². The fourth-order valence-electron chi connectivity index (χ4n) is 3.96. The highest BCUT2D eigenvalue weighted by Gasteiger charge is 2.34. The number of benzene rings is 2. The van der Waals surface area contributed by atoms with Crippen LogP contribution >= 0.6 is 11.6 Å². The van der Waals surface area contributed by atoms with Gasteiger partial charge in [0.25, 0.3) is 0 Å². The van der Waals surface area contributed by atoms with E-state index in [1.165, 1.54) is 0 Å².